The normalized spacial score (nSPS) is 25.1. The van der Waals surface area contributed by atoms with Crippen LogP contribution in [-0.4, -0.2) is 29.2 Å². The van der Waals surface area contributed by atoms with Crippen molar-refractivity contribution in [2.24, 2.45) is 5.41 Å². The molecule has 0 amide bonds. The SMILES string of the molecule is CC1(C)C(OC(=O)c2ccccc2)CCN([O])C1(C)C. The molecular formula is C16H22NO3. The van der Waals surface area contributed by atoms with E-state index in [1.54, 1.807) is 12.1 Å². The van der Waals surface area contributed by atoms with Gasteiger partial charge in [-0.15, -0.1) is 10.3 Å². The van der Waals surface area contributed by atoms with Crippen LogP contribution in [0.4, 0.5) is 0 Å². The molecule has 0 aliphatic carbocycles. The van der Waals surface area contributed by atoms with E-state index in [0.717, 1.165) is 5.06 Å². The highest BCUT2D eigenvalue weighted by Gasteiger charge is 2.52. The number of hydrogen-bond donors (Lipinski definition) is 0. The van der Waals surface area contributed by atoms with Crippen molar-refractivity contribution in [1.29, 1.82) is 0 Å². The van der Waals surface area contributed by atoms with Gasteiger partial charge in [0.05, 0.1) is 11.1 Å². The lowest BCUT2D eigenvalue weighted by Gasteiger charge is -2.52. The summed E-state index contributed by atoms with van der Waals surface area (Å²) in [7, 11) is 0. The summed E-state index contributed by atoms with van der Waals surface area (Å²) >= 11 is 0. The van der Waals surface area contributed by atoms with Crippen molar-refractivity contribution in [2.45, 2.75) is 45.8 Å². The molecule has 2 rings (SSSR count). The fourth-order valence-corrected chi connectivity index (χ4v) is 2.57. The highest BCUT2D eigenvalue weighted by Crippen LogP contribution is 2.44. The average Bonchev–Trinajstić information content (AvgIpc) is 2.41. The Hall–Kier alpha value is -1.39. The van der Waals surface area contributed by atoms with Crippen LogP contribution in [0.25, 0.3) is 0 Å². The van der Waals surface area contributed by atoms with Crippen LogP contribution in [0.3, 0.4) is 0 Å². The van der Waals surface area contributed by atoms with E-state index in [1.165, 1.54) is 0 Å². The van der Waals surface area contributed by atoms with Crippen LogP contribution in [0.15, 0.2) is 30.3 Å². The van der Waals surface area contributed by atoms with Crippen molar-refractivity contribution >= 4 is 5.97 Å². The molecule has 1 heterocycles. The second-order valence-corrected chi connectivity index (χ2v) is 6.43. The van der Waals surface area contributed by atoms with Gasteiger partial charge in [0.1, 0.15) is 6.10 Å². The smallest absolute Gasteiger partial charge is 0.338 e. The van der Waals surface area contributed by atoms with E-state index in [4.69, 9.17) is 4.74 Å². The third-order valence-electron chi connectivity index (χ3n) is 4.86. The van der Waals surface area contributed by atoms with Crippen molar-refractivity contribution in [3.8, 4) is 0 Å². The van der Waals surface area contributed by atoms with Gasteiger partial charge >= 0.3 is 5.97 Å². The van der Waals surface area contributed by atoms with Crippen LogP contribution in [0.1, 0.15) is 44.5 Å². The number of hydroxylamine groups is 2. The molecule has 0 N–H and O–H groups in total. The van der Waals surface area contributed by atoms with Crippen molar-refractivity contribution in [3.63, 3.8) is 0 Å². The van der Waals surface area contributed by atoms with E-state index in [-0.39, 0.29) is 12.1 Å². The number of ether oxygens (including phenoxy) is 1. The number of hydrogen-bond acceptors (Lipinski definition) is 3. The summed E-state index contributed by atoms with van der Waals surface area (Å²) in [6, 6.07) is 8.96. The zero-order chi connectivity index (χ0) is 15.0. The van der Waals surface area contributed by atoms with E-state index in [1.807, 2.05) is 45.9 Å². The summed E-state index contributed by atoms with van der Waals surface area (Å²) in [4.78, 5) is 12.2. The minimum atomic E-state index is -0.563. The molecule has 1 atom stereocenters. The molecule has 4 heteroatoms. The van der Waals surface area contributed by atoms with Gasteiger partial charge in [0.15, 0.2) is 0 Å². The summed E-state index contributed by atoms with van der Waals surface area (Å²) in [6.45, 7) is 8.17. The van der Waals surface area contributed by atoms with Crippen molar-refractivity contribution in [3.05, 3.63) is 35.9 Å². The first-order valence-corrected chi connectivity index (χ1v) is 6.97. The van der Waals surface area contributed by atoms with Gasteiger partial charge in [-0.1, -0.05) is 32.0 Å². The van der Waals surface area contributed by atoms with E-state index in [2.05, 4.69) is 0 Å². The predicted molar refractivity (Wildman–Crippen MR) is 75.5 cm³/mol. The van der Waals surface area contributed by atoms with Crippen molar-refractivity contribution in [1.82, 2.24) is 5.06 Å². The molecule has 20 heavy (non-hydrogen) atoms. The highest BCUT2D eigenvalue weighted by atomic mass is 16.5. The van der Waals surface area contributed by atoms with Gasteiger partial charge < -0.3 is 4.74 Å². The monoisotopic (exact) mass is 276 g/mol. The fourth-order valence-electron chi connectivity index (χ4n) is 2.57. The number of nitrogens with zero attached hydrogens (tertiary/aromatic N) is 1. The maximum Gasteiger partial charge on any atom is 0.338 e. The molecule has 1 aromatic carbocycles. The predicted octanol–water partition coefficient (Wildman–Crippen LogP) is 3.07. The van der Waals surface area contributed by atoms with Crippen molar-refractivity contribution < 1.29 is 14.7 Å². The molecule has 4 nitrogen and oxygen atoms in total. The van der Waals surface area contributed by atoms with Gasteiger partial charge in [0, 0.05) is 18.4 Å². The largest absolute Gasteiger partial charge is 0.458 e. The van der Waals surface area contributed by atoms with Gasteiger partial charge in [-0.2, -0.15) is 0 Å². The zero-order valence-electron chi connectivity index (χ0n) is 12.6. The fraction of sp³-hybridized carbons (Fsp3) is 0.562. The Labute approximate surface area is 120 Å². The Morgan fingerprint density at radius 3 is 2.40 bits per heavy atom. The molecule has 1 radical (unpaired) electrons. The second kappa shape index (κ2) is 5.19. The lowest BCUT2D eigenvalue weighted by atomic mass is 9.67. The number of esters is 1. The third-order valence-corrected chi connectivity index (χ3v) is 4.86. The first-order chi connectivity index (χ1) is 9.26. The molecule has 1 saturated heterocycles. The molecule has 0 bridgehead atoms. The summed E-state index contributed by atoms with van der Waals surface area (Å²) < 4.78 is 5.67. The first kappa shape index (κ1) is 15.0. The molecule has 1 aromatic rings. The number of carbonyl (C=O) groups excluding carboxylic acids is 1. The Morgan fingerprint density at radius 2 is 1.80 bits per heavy atom. The second-order valence-electron chi connectivity index (χ2n) is 6.43. The minimum Gasteiger partial charge on any atom is -0.458 e. The van der Waals surface area contributed by atoms with E-state index >= 15 is 0 Å². The molecule has 109 valence electrons. The third kappa shape index (κ3) is 2.45. The molecular weight excluding hydrogens is 254 g/mol. The number of piperidine rings is 1. The van der Waals surface area contributed by atoms with E-state index in [0.29, 0.717) is 18.5 Å². The van der Waals surface area contributed by atoms with Crippen LogP contribution >= 0.6 is 0 Å². The zero-order valence-corrected chi connectivity index (χ0v) is 12.6. The van der Waals surface area contributed by atoms with Crippen molar-refractivity contribution in [2.75, 3.05) is 6.54 Å². The van der Waals surface area contributed by atoms with Crippen LogP contribution in [-0.2, 0) is 9.94 Å². The summed E-state index contributed by atoms with van der Waals surface area (Å²) in [6.07, 6.45) is 0.314. The van der Waals surface area contributed by atoms with Gasteiger partial charge in [-0.05, 0) is 26.0 Å². The summed E-state index contributed by atoms with van der Waals surface area (Å²) in [5, 5.41) is 13.1. The Bertz CT molecular complexity index is 482. The Kier molecular flexibility index (Phi) is 3.89. The number of benzene rings is 1. The molecule has 1 unspecified atom stereocenters. The quantitative estimate of drug-likeness (QED) is 0.780. The van der Waals surface area contributed by atoms with Gasteiger partial charge in [-0.3, -0.25) is 0 Å². The lowest BCUT2D eigenvalue weighted by Crippen LogP contribution is -2.62. The summed E-state index contributed by atoms with van der Waals surface area (Å²) in [5.74, 6) is -0.321. The first-order valence-electron chi connectivity index (χ1n) is 6.97. The van der Waals surface area contributed by atoms with Gasteiger partial charge in [-0.25, -0.2) is 4.79 Å². The maximum atomic E-state index is 12.2. The summed E-state index contributed by atoms with van der Waals surface area (Å²) in [5.41, 5.74) is -0.421. The van der Waals surface area contributed by atoms with Crippen LogP contribution < -0.4 is 0 Å². The molecule has 1 fully saturated rings. The standard InChI is InChI=1S/C16H22NO3/c1-15(2)13(10-11-17(19)16(15,3)4)20-14(18)12-8-6-5-7-9-12/h5-9,13H,10-11H2,1-4H3. The van der Waals surface area contributed by atoms with E-state index in [9.17, 15) is 10.0 Å². The maximum absolute atomic E-state index is 12.2. The Balaban J connectivity index is 2.16. The number of carbonyl (C=O) groups is 1. The topological polar surface area (TPSA) is 49.4 Å². The minimum absolute atomic E-state index is 0.254. The van der Waals surface area contributed by atoms with Crippen LogP contribution in [0.2, 0.25) is 0 Å². The highest BCUT2D eigenvalue weighted by molar-refractivity contribution is 5.89. The van der Waals surface area contributed by atoms with E-state index < -0.39 is 11.0 Å². The van der Waals surface area contributed by atoms with Crippen LogP contribution in [0.5, 0.6) is 0 Å². The number of rotatable bonds is 2. The van der Waals surface area contributed by atoms with Crippen LogP contribution in [0, 0.1) is 5.41 Å². The molecule has 0 aromatic heterocycles. The van der Waals surface area contributed by atoms with Gasteiger partial charge in [0.25, 0.3) is 0 Å². The average molecular weight is 276 g/mol. The van der Waals surface area contributed by atoms with Gasteiger partial charge in [0.2, 0.25) is 0 Å². The molecule has 1 aliphatic heterocycles. The lowest BCUT2D eigenvalue weighted by molar-refractivity contribution is -0.282. The molecule has 0 spiro atoms. The molecule has 0 saturated carbocycles. The molecule has 1 aliphatic rings. The Morgan fingerprint density at radius 1 is 1.20 bits per heavy atom.